The topological polar surface area (TPSA) is 28.7 Å². The van der Waals surface area contributed by atoms with Gasteiger partial charge in [-0.3, -0.25) is 0 Å². The quantitative estimate of drug-likeness (QED) is 0.595. The summed E-state index contributed by atoms with van der Waals surface area (Å²) < 4.78 is 1.81. The van der Waals surface area contributed by atoms with Crippen LogP contribution in [0.15, 0.2) is 18.3 Å². The van der Waals surface area contributed by atoms with E-state index >= 15 is 0 Å². The molecule has 0 atom stereocenters. The van der Waals surface area contributed by atoms with Crippen molar-refractivity contribution in [3.8, 4) is 6.07 Å². The third-order valence-corrected chi connectivity index (χ3v) is 1.50. The maximum atomic E-state index is 8.61. The number of aryl methyl sites for hydroxylation is 1. The van der Waals surface area contributed by atoms with Crippen molar-refractivity contribution in [2.24, 2.45) is 7.05 Å². The summed E-state index contributed by atoms with van der Waals surface area (Å²) in [5, 5.41) is 8.61. The molecule has 0 bridgehead atoms. The third kappa shape index (κ3) is 1.50. The predicted molar refractivity (Wildman–Crippen MR) is 44.8 cm³/mol. The van der Waals surface area contributed by atoms with Gasteiger partial charge < -0.3 is 4.57 Å². The summed E-state index contributed by atoms with van der Waals surface area (Å²) in [4.78, 5) is 0. The molecule has 0 aliphatic heterocycles. The van der Waals surface area contributed by atoms with Gasteiger partial charge in [-0.05, 0) is 18.6 Å². The van der Waals surface area contributed by atoms with Crippen LogP contribution in [0, 0.1) is 11.3 Å². The van der Waals surface area contributed by atoms with Gasteiger partial charge in [-0.2, -0.15) is 5.26 Å². The van der Waals surface area contributed by atoms with Crippen molar-refractivity contribution < 1.29 is 0 Å². The van der Waals surface area contributed by atoms with E-state index in [1.807, 2.05) is 43.0 Å². The summed E-state index contributed by atoms with van der Waals surface area (Å²) in [6.07, 6.45) is 5.86. The lowest BCUT2D eigenvalue weighted by Gasteiger charge is -1.87. The summed E-state index contributed by atoms with van der Waals surface area (Å²) in [6.45, 7) is 1.96. The molecule has 0 radical (unpaired) electrons. The van der Waals surface area contributed by atoms with Crippen LogP contribution in [0.5, 0.6) is 0 Å². The minimum absolute atomic E-state index is 0.693. The first-order valence-corrected chi connectivity index (χ1v) is 3.47. The molecular weight excluding hydrogens is 136 g/mol. The molecule has 11 heavy (non-hydrogen) atoms. The molecule has 0 amide bonds. The van der Waals surface area contributed by atoms with Gasteiger partial charge >= 0.3 is 0 Å². The first-order chi connectivity index (χ1) is 5.27. The Kier molecular flexibility index (Phi) is 2.12. The van der Waals surface area contributed by atoms with Crippen LogP contribution in [-0.4, -0.2) is 4.57 Å². The van der Waals surface area contributed by atoms with Crippen LogP contribution in [0.2, 0.25) is 0 Å². The average molecular weight is 146 g/mol. The zero-order valence-electron chi connectivity index (χ0n) is 6.70. The minimum atomic E-state index is 0.693. The van der Waals surface area contributed by atoms with E-state index < -0.39 is 0 Å². The number of rotatable bonds is 1. The monoisotopic (exact) mass is 146 g/mol. The lowest BCUT2D eigenvalue weighted by atomic mass is 10.3. The highest BCUT2D eigenvalue weighted by molar-refractivity contribution is 5.50. The van der Waals surface area contributed by atoms with E-state index in [0.29, 0.717) is 5.69 Å². The van der Waals surface area contributed by atoms with Crippen molar-refractivity contribution in [3.05, 3.63) is 29.6 Å². The fourth-order valence-corrected chi connectivity index (χ4v) is 0.985. The van der Waals surface area contributed by atoms with E-state index in [0.717, 1.165) is 5.56 Å². The van der Waals surface area contributed by atoms with Crippen molar-refractivity contribution in [2.75, 3.05) is 0 Å². The molecule has 1 aromatic rings. The number of hydrogen-bond donors (Lipinski definition) is 0. The summed E-state index contributed by atoms with van der Waals surface area (Å²) >= 11 is 0. The lowest BCUT2D eigenvalue weighted by molar-refractivity contribution is 0.907. The molecule has 1 rings (SSSR count). The van der Waals surface area contributed by atoms with Crippen LogP contribution in [0.25, 0.3) is 6.08 Å². The molecule has 0 fully saturated rings. The van der Waals surface area contributed by atoms with Crippen LogP contribution < -0.4 is 0 Å². The Hall–Kier alpha value is -1.49. The Morgan fingerprint density at radius 1 is 1.64 bits per heavy atom. The molecule has 0 N–H and O–H groups in total. The summed E-state index contributed by atoms with van der Waals surface area (Å²) in [6, 6.07) is 3.96. The molecule has 0 unspecified atom stereocenters. The molecule has 2 nitrogen and oxygen atoms in total. The smallest absolute Gasteiger partial charge is 0.120 e. The molecular formula is C9H10N2. The molecule has 2 heteroatoms. The number of hydrogen-bond acceptors (Lipinski definition) is 1. The zero-order chi connectivity index (χ0) is 8.27. The van der Waals surface area contributed by atoms with Gasteiger partial charge in [-0.1, -0.05) is 12.2 Å². The van der Waals surface area contributed by atoms with Crippen molar-refractivity contribution in [2.45, 2.75) is 6.92 Å². The highest BCUT2D eigenvalue weighted by atomic mass is 14.9. The zero-order valence-corrected chi connectivity index (χ0v) is 6.70. The summed E-state index contributed by atoms with van der Waals surface area (Å²) in [5.74, 6) is 0. The van der Waals surface area contributed by atoms with Gasteiger partial charge in [-0.25, -0.2) is 0 Å². The number of nitrogens with zero attached hydrogens (tertiary/aromatic N) is 2. The Bertz CT molecular complexity index is 313. The van der Waals surface area contributed by atoms with Crippen molar-refractivity contribution >= 4 is 6.08 Å². The van der Waals surface area contributed by atoms with Crippen LogP contribution in [0.3, 0.4) is 0 Å². The van der Waals surface area contributed by atoms with Crippen LogP contribution >= 0.6 is 0 Å². The fourth-order valence-electron chi connectivity index (χ4n) is 0.985. The molecule has 0 aliphatic rings. The predicted octanol–water partition coefficient (Wildman–Crippen LogP) is 1.93. The van der Waals surface area contributed by atoms with E-state index in [9.17, 15) is 0 Å². The van der Waals surface area contributed by atoms with Crippen molar-refractivity contribution in [1.29, 1.82) is 5.26 Å². The van der Waals surface area contributed by atoms with E-state index in [-0.39, 0.29) is 0 Å². The van der Waals surface area contributed by atoms with Gasteiger partial charge in [0.25, 0.3) is 0 Å². The normalized spacial score (nSPS) is 10.3. The third-order valence-electron chi connectivity index (χ3n) is 1.50. The first kappa shape index (κ1) is 7.62. The second kappa shape index (κ2) is 3.07. The summed E-state index contributed by atoms with van der Waals surface area (Å²) in [7, 11) is 1.87. The highest BCUT2D eigenvalue weighted by Gasteiger charge is 1.97. The van der Waals surface area contributed by atoms with Crippen LogP contribution in [-0.2, 0) is 7.05 Å². The van der Waals surface area contributed by atoms with Gasteiger partial charge in [0.05, 0.1) is 0 Å². The largest absolute Gasteiger partial charge is 0.342 e. The molecule has 56 valence electrons. The Morgan fingerprint density at radius 3 is 2.82 bits per heavy atom. The average Bonchev–Trinajstić information content (AvgIpc) is 2.32. The standard InChI is InChI=1S/C9H10N2/c1-3-4-8-5-9(6-10)11(2)7-8/h3-5,7H,1-2H3/b4-3+. The van der Waals surface area contributed by atoms with E-state index in [2.05, 4.69) is 6.07 Å². The maximum absolute atomic E-state index is 8.61. The van der Waals surface area contributed by atoms with Crippen LogP contribution in [0.1, 0.15) is 18.2 Å². The second-order valence-electron chi connectivity index (χ2n) is 2.38. The number of nitriles is 1. The van der Waals surface area contributed by atoms with Crippen molar-refractivity contribution in [1.82, 2.24) is 4.57 Å². The highest BCUT2D eigenvalue weighted by Crippen LogP contribution is 2.07. The number of aromatic nitrogens is 1. The molecule has 0 aliphatic carbocycles. The van der Waals surface area contributed by atoms with Gasteiger partial charge in [0, 0.05) is 13.2 Å². The molecule has 1 heterocycles. The fraction of sp³-hybridized carbons (Fsp3) is 0.222. The van der Waals surface area contributed by atoms with Crippen molar-refractivity contribution in [3.63, 3.8) is 0 Å². The van der Waals surface area contributed by atoms with E-state index in [1.165, 1.54) is 0 Å². The molecule has 0 saturated carbocycles. The minimum Gasteiger partial charge on any atom is -0.342 e. The first-order valence-electron chi connectivity index (χ1n) is 3.47. The van der Waals surface area contributed by atoms with Gasteiger partial charge in [0.1, 0.15) is 11.8 Å². The SMILES string of the molecule is C/C=C/c1cc(C#N)n(C)c1. The Morgan fingerprint density at radius 2 is 2.36 bits per heavy atom. The molecule has 1 aromatic heterocycles. The molecule has 0 spiro atoms. The maximum Gasteiger partial charge on any atom is 0.120 e. The van der Waals surface area contributed by atoms with Gasteiger partial charge in [0.15, 0.2) is 0 Å². The Labute approximate surface area is 66.4 Å². The molecule has 0 saturated heterocycles. The van der Waals surface area contributed by atoms with E-state index in [4.69, 9.17) is 5.26 Å². The number of allylic oxidation sites excluding steroid dienone is 1. The summed E-state index contributed by atoms with van der Waals surface area (Å²) in [5.41, 5.74) is 1.77. The lowest BCUT2D eigenvalue weighted by Crippen LogP contribution is -1.86. The second-order valence-corrected chi connectivity index (χ2v) is 2.38. The molecule has 0 aromatic carbocycles. The van der Waals surface area contributed by atoms with Crippen LogP contribution in [0.4, 0.5) is 0 Å². The Balaban J connectivity index is 3.07. The van der Waals surface area contributed by atoms with Gasteiger partial charge in [0.2, 0.25) is 0 Å². The van der Waals surface area contributed by atoms with E-state index in [1.54, 1.807) is 0 Å². The van der Waals surface area contributed by atoms with Gasteiger partial charge in [-0.15, -0.1) is 0 Å².